The molecular formula is C16H17NO2. The van der Waals surface area contributed by atoms with Gasteiger partial charge < -0.3 is 10.4 Å². The van der Waals surface area contributed by atoms with Crippen LogP contribution in [0, 0.1) is 0 Å². The maximum Gasteiger partial charge on any atom is 0.257 e. The highest BCUT2D eigenvalue weighted by Gasteiger charge is 2.16. The van der Waals surface area contributed by atoms with Crippen LogP contribution >= 0.6 is 0 Å². The largest absolute Gasteiger partial charge is 0.378 e. The Balaban J connectivity index is 2.08. The van der Waals surface area contributed by atoms with Crippen LogP contribution in [0.3, 0.4) is 0 Å². The number of aliphatic hydroxyl groups is 1. The minimum atomic E-state index is -1.15. The summed E-state index contributed by atoms with van der Waals surface area (Å²) in [4.78, 5) is 12.0. The van der Waals surface area contributed by atoms with Crippen molar-refractivity contribution in [1.82, 2.24) is 0 Å². The normalized spacial score (nSPS) is 11.9. The Kier molecular flexibility index (Phi) is 4.31. The highest BCUT2D eigenvalue weighted by molar-refractivity contribution is 5.94. The summed E-state index contributed by atoms with van der Waals surface area (Å²) in [7, 11) is 0. The molecule has 2 rings (SSSR count). The molecule has 0 spiro atoms. The Morgan fingerprint density at radius 2 is 1.89 bits per heavy atom. The molecule has 2 N–H and O–H groups in total. The SMILES string of the molecule is CCc1cccc(NC(=O)C(O)c2ccccc2)c1. The molecule has 0 heterocycles. The summed E-state index contributed by atoms with van der Waals surface area (Å²) in [6, 6.07) is 16.5. The fourth-order valence-corrected chi connectivity index (χ4v) is 1.87. The summed E-state index contributed by atoms with van der Waals surface area (Å²) in [5.74, 6) is -0.417. The number of hydrogen-bond donors (Lipinski definition) is 2. The van der Waals surface area contributed by atoms with Gasteiger partial charge >= 0.3 is 0 Å². The first-order valence-electron chi connectivity index (χ1n) is 6.33. The van der Waals surface area contributed by atoms with Crippen LogP contribution in [0.15, 0.2) is 54.6 Å². The van der Waals surface area contributed by atoms with Crippen LogP contribution in [0.1, 0.15) is 24.2 Å². The van der Waals surface area contributed by atoms with Gasteiger partial charge in [0.15, 0.2) is 6.10 Å². The number of hydrogen-bond acceptors (Lipinski definition) is 2. The maximum absolute atomic E-state index is 12.0. The highest BCUT2D eigenvalue weighted by Crippen LogP contribution is 2.16. The molecule has 0 radical (unpaired) electrons. The van der Waals surface area contributed by atoms with E-state index in [1.807, 2.05) is 30.3 Å². The number of anilines is 1. The van der Waals surface area contributed by atoms with Crippen molar-refractivity contribution >= 4 is 11.6 Å². The molecule has 1 atom stereocenters. The van der Waals surface area contributed by atoms with Crippen LogP contribution < -0.4 is 5.32 Å². The predicted molar refractivity (Wildman–Crippen MR) is 75.9 cm³/mol. The van der Waals surface area contributed by atoms with E-state index in [4.69, 9.17) is 0 Å². The topological polar surface area (TPSA) is 49.3 Å². The van der Waals surface area contributed by atoms with Crippen molar-refractivity contribution in [2.75, 3.05) is 5.32 Å². The molecule has 1 amide bonds. The molecule has 1 unspecified atom stereocenters. The molecular weight excluding hydrogens is 238 g/mol. The van der Waals surface area contributed by atoms with Crippen molar-refractivity contribution in [3.05, 3.63) is 65.7 Å². The number of aliphatic hydroxyl groups excluding tert-OH is 1. The van der Waals surface area contributed by atoms with Gasteiger partial charge in [-0.05, 0) is 29.7 Å². The average molecular weight is 255 g/mol. The Labute approximate surface area is 112 Å². The first kappa shape index (κ1) is 13.3. The van der Waals surface area contributed by atoms with Crippen molar-refractivity contribution in [1.29, 1.82) is 0 Å². The zero-order chi connectivity index (χ0) is 13.7. The van der Waals surface area contributed by atoms with Gasteiger partial charge in [-0.15, -0.1) is 0 Å². The lowest BCUT2D eigenvalue weighted by atomic mass is 10.1. The van der Waals surface area contributed by atoms with Gasteiger partial charge in [-0.25, -0.2) is 0 Å². The second-order valence-electron chi connectivity index (χ2n) is 4.36. The molecule has 98 valence electrons. The summed E-state index contributed by atoms with van der Waals surface area (Å²) in [6.45, 7) is 2.06. The van der Waals surface area contributed by atoms with E-state index in [-0.39, 0.29) is 0 Å². The fourth-order valence-electron chi connectivity index (χ4n) is 1.87. The van der Waals surface area contributed by atoms with Crippen LogP contribution in [-0.4, -0.2) is 11.0 Å². The molecule has 19 heavy (non-hydrogen) atoms. The third-order valence-corrected chi connectivity index (χ3v) is 2.97. The van der Waals surface area contributed by atoms with Crippen LogP contribution in [0.2, 0.25) is 0 Å². The van der Waals surface area contributed by atoms with E-state index >= 15 is 0 Å². The summed E-state index contributed by atoms with van der Waals surface area (Å²) >= 11 is 0. The van der Waals surface area contributed by atoms with E-state index in [0.717, 1.165) is 12.0 Å². The highest BCUT2D eigenvalue weighted by atomic mass is 16.3. The monoisotopic (exact) mass is 255 g/mol. The second kappa shape index (κ2) is 6.16. The Morgan fingerprint density at radius 1 is 1.16 bits per heavy atom. The minimum absolute atomic E-state index is 0.417. The van der Waals surface area contributed by atoms with Crippen molar-refractivity contribution in [3.63, 3.8) is 0 Å². The lowest BCUT2D eigenvalue weighted by molar-refractivity contribution is -0.124. The number of carbonyl (C=O) groups is 1. The lowest BCUT2D eigenvalue weighted by Gasteiger charge is -2.12. The second-order valence-corrected chi connectivity index (χ2v) is 4.36. The molecule has 3 heteroatoms. The number of benzene rings is 2. The van der Waals surface area contributed by atoms with Gasteiger partial charge in [0.2, 0.25) is 0 Å². The first-order valence-corrected chi connectivity index (χ1v) is 6.33. The number of nitrogens with one attached hydrogen (secondary N) is 1. The van der Waals surface area contributed by atoms with E-state index in [2.05, 4.69) is 12.2 Å². The molecule has 0 aromatic heterocycles. The van der Waals surface area contributed by atoms with Gasteiger partial charge in [-0.3, -0.25) is 4.79 Å². The van der Waals surface area contributed by atoms with Crippen molar-refractivity contribution in [2.45, 2.75) is 19.4 Å². The van der Waals surface area contributed by atoms with Gasteiger partial charge in [0.05, 0.1) is 0 Å². The van der Waals surface area contributed by atoms with Gasteiger partial charge in [0, 0.05) is 5.69 Å². The van der Waals surface area contributed by atoms with Crippen molar-refractivity contribution in [2.24, 2.45) is 0 Å². The van der Waals surface area contributed by atoms with Crippen LogP contribution in [0.5, 0.6) is 0 Å². The Bertz CT molecular complexity index is 552. The zero-order valence-corrected chi connectivity index (χ0v) is 10.8. The van der Waals surface area contributed by atoms with E-state index in [1.165, 1.54) is 0 Å². The van der Waals surface area contributed by atoms with E-state index in [0.29, 0.717) is 11.3 Å². The summed E-state index contributed by atoms with van der Waals surface area (Å²) in [5.41, 5.74) is 2.44. The molecule has 0 bridgehead atoms. The molecule has 0 aliphatic rings. The van der Waals surface area contributed by atoms with Crippen molar-refractivity contribution < 1.29 is 9.90 Å². The molecule has 0 aliphatic carbocycles. The number of carbonyl (C=O) groups excluding carboxylic acids is 1. The quantitative estimate of drug-likeness (QED) is 0.882. The standard InChI is InChI=1S/C16H17NO2/c1-2-12-7-6-10-14(11-12)17-16(19)15(18)13-8-4-3-5-9-13/h3-11,15,18H,2H2,1H3,(H,17,19). The van der Waals surface area contributed by atoms with Crippen LogP contribution in [0.4, 0.5) is 5.69 Å². The number of rotatable bonds is 4. The van der Waals surface area contributed by atoms with Gasteiger partial charge in [0.1, 0.15) is 0 Å². The third kappa shape index (κ3) is 3.42. The fraction of sp³-hybridized carbons (Fsp3) is 0.188. The molecule has 0 saturated carbocycles. The van der Waals surface area contributed by atoms with Gasteiger partial charge in [0.25, 0.3) is 5.91 Å². The van der Waals surface area contributed by atoms with E-state index in [9.17, 15) is 9.90 Å². The van der Waals surface area contributed by atoms with Crippen LogP contribution in [-0.2, 0) is 11.2 Å². The number of amides is 1. The molecule has 2 aromatic carbocycles. The summed E-state index contributed by atoms with van der Waals surface area (Å²) in [6.07, 6.45) is -0.239. The van der Waals surface area contributed by atoms with E-state index < -0.39 is 12.0 Å². The molecule has 2 aromatic rings. The first-order chi connectivity index (χ1) is 9.20. The van der Waals surface area contributed by atoms with Gasteiger partial charge in [-0.2, -0.15) is 0 Å². The molecule has 0 fully saturated rings. The predicted octanol–water partition coefficient (Wildman–Crippen LogP) is 2.92. The number of aryl methyl sites for hydroxylation is 1. The van der Waals surface area contributed by atoms with Crippen LogP contribution in [0.25, 0.3) is 0 Å². The lowest BCUT2D eigenvalue weighted by Crippen LogP contribution is -2.20. The maximum atomic E-state index is 12.0. The van der Waals surface area contributed by atoms with Gasteiger partial charge in [-0.1, -0.05) is 49.4 Å². The minimum Gasteiger partial charge on any atom is -0.378 e. The molecule has 0 saturated heterocycles. The summed E-state index contributed by atoms with van der Waals surface area (Å²) in [5, 5.41) is 12.7. The smallest absolute Gasteiger partial charge is 0.257 e. The molecule has 3 nitrogen and oxygen atoms in total. The summed E-state index contributed by atoms with van der Waals surface area (Å²) < 4.78 is 0. The molecule has 0 aliphatic heterocycles. The van der Waals surface area contributed by atoms with Crippen molar-refractivity contribution in [3.8, 4) is 0 Å². The Hall–Kier alpha value is -2.13. The zero-order valence-electron chi connectivity index (χ0n) is 10.8. The Morgan fingerprint density at radius 3 is 2.58 bits per heavy atom. The third-order valence-electron chi connectivity index (χ3n) is 2.97. The van der Waals surface area contributed by atoms with E-state index in [1.54, 1.807) is 24.3 Å². The average Bonchev–Trinajstić information content (AvgIpc) is 2.47.